The molecule has 0 saturated carbocycles. The minimum Gasteiger partial charge on any atom is -0.368 e. The van der Waals surface area contributed by atoms with Crippen LogP contribution in [0.4, 0.5) is 21.5 Å². The molecule has 1 saturated heterocycles. The van der Waals surface area contributed by atoms with Gasteiger partial charge in [0.25, 0.3) is 5.69 Å². The number of piperazine rings is 1. The maximum atomic E-state index is 13.3. The molecule has 0 aliphatic carbocycles. The second kappa shape index (κ2) is 9.05. The van der Waals surface area contributed by atoms with Gasteiger partial charge in [0.05, 0.1) is 21.4 Å². The minimum atomic E-state index is -0.539. The standard InChI is InChI=1S/C22H21ClFN5O3/c1-14(22(30)26-15-2-3-19(24)18(23)12-15)27-8-10-28(11-9-27)20-4-5-21(29(31)32)17-13-25-7-6-16(17)20/h2-7,12-14H,8-11H2,1H3,(H,26,30). The molecule has 1 N–H and O–H groups in total. The quantitative estimate of drug-likeness (QED) is 0.458. The Morgan fingerprint density at radius 3 is 2.62 bits per heavy atom. The molecule has 4 rings (SSSR count). The Morgan fingerprint density at radius 2 is 1.94 bits per heavy atom. The molecule has 3 aromatic rings. The molecule has 32 heavy (non-hydrogen) atoms. The van der Waals surface area contributed by atoms with Crippen LogP contribution in [0.5, 0.6) is 0 Å². The van der Waals surface area contributed by atoms with Gasteiger partial charge >= 0.3 is 0 Å². The molecule has 1 aliphatic rings. The number of amides is 1. The number of nitro groups is 1. The maximum absolute atomic E-state index is 13.3. The van der Waals surface area contributed by atoms with Crippen LogP contribution in [0.3, 0.4) is 0 Å². The van der Waals surface area contributed by atoms with Gasteiger partial charge in [-0.15, -0.1) is 0 Å². The van der Waals surface area contributed by atoms with Gasteiger partial charge in [0.15, 0.2) is 0 Å². The molecule has 1 fully saturated rings. The number of hydrogen-bond acceptors (Lipinski definition) is 6. The summed E-state index contributed by atoms with van der Waals surface area (Å²) in [6, 6.07) is 8.74. The molecule has 0 spiro atoms. The number of pyridine rings is 1. The summed E-state index contributed by atoms with van der Waals surface area (Å²) in [4.78, 5) is 31.9. The molecule has 0 radical (unpaired) electrons. The molecule has 166 valence electrons. The first-order chi connectivity index (χ1) is 15.3. The van der Waals surface area contributed by atoms with E-state index in [1.807, 2.05) is 6.92 Å². The highest BCUT2D eigenvalue weighted by molar-refractivity contribution is 6.31. The lowest BCUT2D eigenvalue weighted by Gasteiger charge is -2.38. The van der Waals surface area contributed by atoms with Crippen LogP contribution in [0.1, 0.15) is 6.92 Å². The summed E-state index contributed by atoms with van der Waals surface area (Å²) in [7, 11) is 0. The van der Waals surface area contributed by atoms with Crippen molar-refractivity contribution in [1.82, 2.24) is 9.88 Å². The number of aromatic nitrogens is 1. The zero-order valence-electron chi connectivity index (χ0n) is 17.3. The van der Waals surface area contributed by atoms with E-state index < -0.39 is 16.8 Å². The highest BCUT2D eigenvalue weighted by Crippen LogP contribution is 2.33. The van der Waals surface area contributed by atoms with Gasteiger partial charge in [0, 0.05) is 61.4 Å². The molecule has 1 unspecified atom stereocenters. The van der Waals surface area contributed by atoms with E-state index in [2.05, 4.69) is 20.1 Å². The van der Waals surface area contributed by atoms with Gasteiger partial charge in [-0.05, 0) is 37.3 Å². The van der Waals surface area contributed by atoms with E-state index in [0.29, 0.717) is 37.3 Å². The van der Waals surface area contributed by atoms with E-state index >= 15 is 0 Å². The van der Waals surface area contributed by atoms with E-state index in [1.165, 1.54) is 30.5 Å². The third-order valence-electron chi connectivity index (χ3n) is 5.74. The van der Waals surface area contributed by atoms with Crippen molar-refractivity contribution in [3.05, 3.63) is 69.7 Å². The third-order valence-corrected chi connectivity index (χ3v) is 6.03. The number of nitrogens with zero attached hydrogens (tertiary/aromatic N) is 4. The van der Waals surface area contributed by atoms with Crippen molar-refractivity contribution in [3.63, 3.8) is 0 Å². The number of fused-ring (bicyclic) bond motifs is 1. The number of anilines is 2. The number of halogens is 2. The Morgan fingerprint density at radius 1 is 1.19 bits per heavy atom. The summed E-state index contributed by atoms with van der Waals surface area (Å²) in [5.41, 5.74) is 1.38. The molecular weight excluding hydrogens is 437 g/mol. The first kappa shape index (κ1) is 21.9. The van der Waals surface area contributed by atoms with Gasteiger partial charge in [0.1, 0.15) is 5.82 Å². The lowest BCUT2D eigenvalue weighted by molar-refractivity contribution is -0.383. The monoisotopic (exact) mass is 457 g/mol. The molecule has 2 aromatic carbocycles. The van der Waals surface area contributed by atoms with Crippen molar-refractivity contribution in [1.29, 1.82) is 0 Å². The molecule has 1 aliphatic heterocycles. The number of nitro benzene ring substituents is 1. The fourth-order valence-corrected chi connectivity index (χ4v) is 4.11. The number of nitrogens with one attached hydrogen (secondary N) is 1. The maximum Gasteiger partial charge on any atom is 0.278 e. The second-order valence-corrected chi connectivity index (χ2v) is 8.01. The summed E-state index contributed by atoms with van der Waals surface area (Å²) in [5, 5.41) is 15.4. The van der Waals surface area contributed by atoms with Crippen molar-refractivity contribution in [2.45, 2.75) is 13.0 Å². The molecular formula is C22H21ClFN5O3. The van der Waals surface area contributed by atoms with Gasteiger partial charge < -0.3 is 10.2 Å². The van der Waals surface area contributed by atoms with Crippen molar-refractivity contribution < 1.29 is 14.1 Å². The van der Waals surface area contributed by atoms with E-state index in [-0.39, 0.29) is 16.6 Å². The van der Waals surface area contributed by atoms with Gasteiger partial charge in [-0.25, -0.2) is 4.39 Å². The normalized spacial score (nSPS) is 15.5. The van der Waals surface area contributed by atoms with Crippen molar-refractivity contribution in [2.75, 3.05) is 36.4 Å². The Labute approximate surface area is 188 Å². The van der Waals surface area contributed by atoms with Gasteiger partial charge in [-0.1, -0.05) is 11.6 Å². The Kier molecular flexibility index (Phi) is 6.20. The Hall–Kier alpha value is -3.30. The van der Waals surface area contributed by atoms with Crippen LogP contribution >= 0.6 is 11.6 Å². The predicted molar refractivity (Wildman–Crippen MR) is 122 cm³/mol. The van der Waals surface area contributed by atoms with Crippen LogP contribution in [0, 0.1) is 15.9 Å². The zero-order chi connectivity index (χ0) is 22.8. The summed E-state index contributed by atoms with van der Waals surface area (Å²) in [6.45, 7) is 4.43. The average molecular weight is 458 g/mol. The largest absolute Gasteiger partial charge is 0.368 e. The van der Waals surface area contributed by atoms with Crippen LogP contribution in [0.15, 0.2) is 48.8 Å². The van der Waals surface area contributed by atoms with Gasteiger partial charge in [0.2, 0.25) is 5.91 Å². The molecule has 1 atom stereocenters. The highest BCUT2D eigenvalue weighted by atomic mass is 35.5. The van der Waals surface area contributed by atoms with Crippen LogP contribution in [-0.2, 0) is 4.79 Å². The molecule has 1 aromatic heterocycles. The highest BCUT2D eigenvalue weighted by Gasteiger charge is 2.27. The fraction of sp³-hybridized carbons (Fsp3) is 0.273. The van der Waals surface area contributed by atoms with Crippen LogP contribution in [0.25, 0.3) is 10.8 Å². The number of hydrogen-bond donors (Lipinski definition) is 1. The van der Waals surface area contributed by atoms with E-state index in [4.69, 9.17) is 11.6 Å². The van der Waals surface area contributed by atoms with Crippen molar-refractivity contribution in [3.8, 4) is 0 Å². The van der Waals surface area contributed by atoms with Crippen molar-refractivity contribution in [2.24, 2.45) is 0 Å². The molecule has 2 heterocycles. The van der Waals surface area contributed by atoms with Crippen LogP contribution in [-0.4, -0.2) is 52.9 Å². The first-order valence-corrected chi connectivity index (χ1v) is 10.5. The third kappa shape index (κ3) is 4.35. The molecule has 8 nitrogen and oxygen atoms in total. The van der Waals surface area contributed by atoms with E-state index in [1.54, 1.807) is 18.3 Å². The number of benzene rings is 2. The van der Waals surface area contributed by atoms with E-state index in [0.717, 1.165) is 11.1 Å². The fourth-order valence-electron chi connectivity index (χ4n) is 3.93. The van der Waals surface area contributed by atoms with Crippen LogP contribution in [0.2, 0.25) is 5.02 Å². The minimum absolute atomic E-state index is 0.0293. The number of carbonyl (C=O) groups excluding carboxylic acids is 1. The molecule has 1 amide bonds. The molecule has 10 heteroatoms. The number of rotatable bonds is 5. The van der Waals surface area contributed by atoms with Gasteiger partial charge in [-0.3, -0.25) is 24.8 Å². The lowest BCUT2D eigenvalue weighted by Crippen LogP contribution is -2.52. The second-order valence-electron chi connectivity index (χ2n) is 7.60. The predicted octanol–water partition coefficient (Wildman–Crippen LogP) is 4.08. The summed E-state index contributed by atoms with van der Waals surface area (Å²) in [5.74, 6) is -0.739. The SMILES string of the molecule is CC(C(=O)Nc1ccc(F)c(Cl)c1)N1CCN(c2ccc([N+](=O)[O-])c3cnccc23)CC1. The van der Waals surface area contributed by atoms with Crippen molar-refractivity contribution >= 4 is 45.3 Å². The topological polar surface area (TPSA) is 91.6 Å². The van der Waals surface area contributed by atoms with E-state index in [9.17, 15) is 19.3 Å². The lowest BCUT2D eigenvalue weighted by atomic mass is 10.1. The first-order valence-electron chi connectivity index (χ1n) is 10.1. The van der Waals surface area contributed by atoms with Gasteiger partial charge in [-0.2, -0.15) is 0 Å². The average Bonchev–Trinajstić information content (AvgIpc) is 2.80. The summed E-state index contributed by atoms with van der Waals surface area (Å²) < 4.78 is 13.3. The zero-order valence-corrected chi connectivity index (χ0v) is 18.1. The Bertz CT molecular complexity index is 1180. The number of carbonyl (C=O) groups is 1. The number of non-ortho nitro benzene ring substituents is 1. The summed E-state index contributed by atoms with van der Waals surface area (Å²) in [6.07, 6.45) is 3.14. The molecule has 0 bridgehead atoms. The smallest absolute Gasteiger partial charge is 0.278 e. The summed E-state index contributed by atoms with van der Waals surface area (Å²) >= 11 is 5.78. The van der Waals surface area contributed by atoms with Crippen LogP contribution < -0.4 is 10.2 Å². The Balaban J connectivity index is 1.44.